The average molecular weight is 436 g/mol. The van der Waals surface area contributed by atoms with Gasteiger partial charge in [-0.25, -0.2) is 9.78 Å². The number of aromatic nitrogens is 1. The molecule has 2 aromatic heterocycles. The summed E-state index contributed by atoms with van der Waals surface area (Å²) in [4.78, 5) is 40.8. The lowest BCUT2D eigenvalue weighted by Gasteiger charge is -2.07. The third kappa shape index (κ3) is 4.94. The van der Waals surface area contributed by atoms with Crippen molar-refractivity contribution in [2.45, 2.75) is 6.42 Å². The summed E-state index contributed by atoms with van der Waals surface area (Å²) >= 11 is 8.53. The number of carbonyl (C=O) groups excluding carboxylic acids is 3. The van der Waals surface area contributed by atoms with E-state index in [2.05, 4.69) is 20.4 Å². The van der Waals surface area contributed by atoms with E-state index < -0.39 is 5.97 Å². The van der Waals surface area contributed by atoms with Crippen LogP contribution in [0.2, 0.25) is 5.02 Å². The van der Waals surface area contributed by atoms with Crippen LogP contribution < -0.4 is 10.6 Å². The van der Waals surface area contributed by atoms with Crippen molar-refractivity contribution < 1.29 is 19.1 Å². The van der Waals surface area contributed by atoms with Crippen LogP contribution >= 0.6 is 34.3 Å². The van der Waals surface area contributed by atoms with Gasteiger partial charge in [-0.2, -0.15) is 0 Å². The fourth-order valence-electron chi connectivity index (χ4n) is 2.25. The molecule has 28 heavy (non-hydrogen) atoms. The van der Waals surface area contributed by atoms with Crippen molar-refractivity contribution in [1.29, 1.82) is 0 Å². The van der Waals surface area contributed by atoms with Crippen molar-refractivity contribution in [2.24, 2.45) is 0 Å². The number of amides is 2. The molecule has 2 N–H and O–H groups in total. The summed E-state index contributed by atoms with van der Waals surface area (Å²) < 4.78 is 4.66. The van der Waals surface area contributed by atoms with E-state index in [4.69, 9.17) is 11.6 Å². The summed E-state index contributed by atoms with van der Waals surface area (Å²) in [5.74, 6) is -1.15. The molecule has 0 fully saturated rings. The Morgan fingerprint density at radius 3 is 2.71 bits per heavy atom. The normalized spacial score (nSPS) is 10.4. The third-order valence-corrected chi connectivity index (χ3v) is 5.52. The van der Waals surface area contributed by atoms with Crippen LogP contribution in [0.1, 0.15) is 25.7 Å². The lowest BCUT2D eigenvalue weighted by atomic mass is 10.2. The molecule has 0 aliphatic heterocycles. The highest BCUT2D eigenvalue weighted by Gasteiger charge is 2.14. The number of carbonyl (C=O) groups is 3. The summed E-state index contributed by atoms with van der Waals surface area (Å²) in [6.45, 7) is 0. The van der Waals surface area contributed by atoms with E-state index in [0.717, 1.165) is 0 Å². The minimum absolute atomic E-state index is 0.0154. The van der Waals surface area contributed by atoms with Gasteiger partial charge < -0.3 is 10.1 Å². The van der Waals surface area contributed by atoms with Gasteiger partial charge in [0.2, 0.25) is 5.91 Å². The van der Waals surface area contributed by atoms with Gasteiger partial charge in [-0.05, 0) is 29.6 Å². The molecule has 3 rings (SSSR count). The smallest absolute Gasteiger partial charge is 0.339 e. The van der Waals surface area contributed by atoms with Crippen LogP contribution in [0.3, 0.4) is 0 Å². The Bertz CT molecular complexity index is 1020. The number of hydrogen-bond acceptors (Lipinski definition) is 7. The Hall–Kier alpha value is -2.75. The van der Waals surface area contributed by atoms with E-state index >= 15 is 0 Å². The second-order valence-electron chi connectivity index (χ2n) is 5.49. The molecule has 3 aromatic rings. The number of halogens is 1. The molecular formula is C18H14ClN3O4S2. The molecule has 0 spiro atoms. The molecule has 7 nitrogen and oxygen atoms in total. The van der Waals surface area contributed by atoms with Gasteiger partial charge in [-0.3, -0.25) is 14.9 Å². The number of esters is 1. The van der Waals surface area contributed by atoms with Crippen LogP contribution in [0.15, 0.2) is 41.1 Å². The highest BCUT2D eigenvalue weighted by atomic mass is 35.5. The zero-order chi connectivity index (χ0) is 20.1. The second-order valence-corrected chi connectivity index (χ2v) is 7.70. The fourth-order valence-corrected chi connectivity index (χ4v) is 3.77. The van der Waals surface area contributed by atoms with Crippen molar-refractivity contribution in [2.75, 3.05) is 17.7 Å². The van der Waals surface area contributed by atoms with Crippen LogP contribution in [0, 0.1) is 0 Å². The first-order chi connectivity index (χ1) is 13.5. The van der Waals surface area contributed by atoms with Crippen molar-refractivity contribution in [3.8, 4) is 0 Å². The standard InChI is InChI=1S/C18H14ClN3O4S2/c1-26-17(25)12-7-10(4-5-13(12)19)20-15(23)8-11-9-28-18(21-11)22-16(24)14-3-2-6-27-14/h2-7,9H,8H2,1H3,(H,20,23)(H,21,22,24). The third-order valence-electron chi connectivity index (χ3n) is 3.51. The first-order valence-corrected chi connectivity index (χ1v) is 10.1. The Morgan fingerprint density at radius 1 is 1.18 bits per heavy atom. The Kier molecular flexibility index (Phi) is 6.40. The molecule has 2 amide bonds. The maximum atomic E-state index is 12.3. The molecule has 0 saturated heterocycles. The van der Waals surface area contributed by atoms with E-state index in [0.29, 0.717) is 21.4 Å². The molecule has 1 aromatic carbocycles. The number of benzene rings is 1. The topological polar surface area (TPSA) is 97.4 Å². The molecule has 0 atom stereocenters. The number of ether oxygens (including phenoxy) is 1. The van der Waals surface area contributed by atoms with Gasteiger partial charge >= 0.3 is 5.97 Å². The summed E-state index contributed by atoms with van der Waals surface area (Å²) in [6.07, 6.45) is 0.0154. The Morgan fingerprint density at radius 2 is 2.00 bits per heavy atom. The Labute approximate surface area is 173 Å². The molecule has 0 bridgehead atoms. The van der Waals surface area contributed by atoms with Gasteiger partial charge in [0, 0.05) is 11.1 Å². The number of nitrogens with zero attached hydrogens (tertiary/aromatic N) is 1. The second kappa shape index (κ2) is 8.96. The van der Waals surface area contributed by atoms with Crippen LogP contribution in [0.25, 0.3) is 0 Å². The highest BCUT2D eigenvalue weighted by Crippen LogP contribution is 2.22. The van der Waals surface area contributed by atoms with Gasteiger partial charge in [0.1, 0.15) is 0 Å². The van der Waals surface area contributed by atoms with Crippen molar-refractivity contribution >= 4 is 62.9 Å². The molecule has 144 valence electrons. The van der Waals surface area contributed by atoms with Crippen molar-refractivity contribution in [3.05, 3.63) is 62.2 Å². The number of methoxy groups -OCH3 is 1. The number of thiazole rings is 1. The minimum Gasteiger partial charge on any atom is -0.465 e. The summed E-state index contributed by atoms with van der Waals surface area (Å²) in [7, 11) is 1.25. The molecule has 0 aliphatic carbocycles. The van der Waals surface area contributed by atoms with E-state index in [1.54, 1.807) is 23.6 Å². The molecule has 0 unspecified atom stereocenters. The minimum atomic E-state index is -0.591. The molecule has 0 aliphatic rings. The maximum Gasteiger partial charge on any atom is 0.339 e. The van der Waals surface area contributed by atoms with E-state index in [1.807, 2.05) is 5.38 Å². The van der Waals surface area contributed by atoms with Crippen molar-refractivity contribution in [3.63, 3.8) is 0 Å². The van der Waals surface area contributed by atoms with E-state index in [1.165, 1.54) is 41.9 Å². The maximum absolute atomic E-state index is 12.3. The number of rotatable bonds is 6. The number of hydrogen-bond donors (Lipinski definition) is 2. The van der Waals surface area contributed by atoms with Crippen LogP contribution in [0.4, 0.5) is 10.8 Å². The summed E-state index contributed by atoms with van der Waals surface area (Å²) in [5.41, 5.74) is 1.09. The quantitative estimate of drug-likeness (QED) is 0.568. The predicted octanol–water partition coefficient (Wildman–Crippen LogP) is 4.08. The number of thiophene rings is 1. The number of nitrogens with one attached hydrogen (secondary N) is 2. The van der Waals surface area contributed by atoms with Crippen LogP contribution in [-0.4, -0.2) is 29.9 Å². The van der Waals surface area contributed by atoms with Gasteiger partial charge in [0.15, 0.2) is 5.13 Å². The highest BCUT2D eigenvalue weighted by molar-refractivity contribution is 7.14. The monoisotopic (exact) mass is 435 g/mol. The van der Waals surface area contributed by atoms with Crippen LogP contribution in [-0.2, 0) is 16.0 Å². The molecular weight excluding hydrogens is 422 g/mol. The van der Waals surface area contributed by atoms with E-state index in [-0.39, 0.29) is 28.8 Å². The number of anilines is 2. The zero-order valence-electron chi connectivity index (χ0n) is 14.5. The Balaban J connectivity index is 1.60. The van der Waals surface area contributed by atoms with Gasteiger partial charge in [0.05, 0.1) is 34.7 Å². The SMILES string of the molecule is COC(=O)c1cc(NC(=O)Cc2csc(NC(=O)c3cccs3)n2)ccc1Cl. The average Bonchev–Trinajstić information content (AvgIpc) is 3.35. The summed E-state index contributed by atoms with van der Waals surface area (Å²) in [5, 5.41) is 9.55. The van der Waals surface area contributed by atoms with Crippen molar-refractivity contribution in [1.82, 2.24) is 4.98 Å². The first kappa shape index (κ1) is 20.0. The molecule has 2 heterocycles. The lowest BCUT2D eigenvalue weighted by Crippen LogP contribution is -2.15. The van der Waals surface area contributed by atoms with E-state index in [9.17, 15) is 14.4 Å². The van der Waals surface area contributed by atoms with Gasteiger partial charge in [-0.15, -0.1) is 22.7 Å². The lowest BCUT2D eigenvalue weighted by molar-refractivity contribution is -0.115. The zero-order valence-corrected chi connectivity index (χ0v) is 16.9. The predicted molar refractivity (Wildman–Crippen MR) is 110 cm³/mol. The molecule has 10 heteroatoms. The molecule has 0 saturated carbocycles. The fraction of sp³-hybridized carbons (Fsp3) is 0.111. The summed E-state index contributed by atoms with van der Waals surface area (Å²) in [6, 6.07) is 8.04. The molecule has 0 radical (unpaired) electrons. The van der Waals surface area contributed by atoms with Gasteiger partial charge in [0.25, 0.3) is 5.91 Å². The first-order valence-electron chi connectivity index (χ1n) is 7.93. The largest absolute Gasteiger partial charge is 0.465 e. The van der Waals surface area contributed by atoms with Crippen LogP contribution in [0.5, 0.6) is 0 Å². The van der Waals surface area contributed by atoms with Gasteiger partial charge in [-0.1, -0.05) is 17.7 Å².